The van der Waals surface area contributed by atoms with Crippen molar-refractivity contribution in [2.24, 2.45) is 10.9 Å². The number of benzene rings is 1. The molecule has 152 valence electrons. The van der Waals surface area contributed by atoms with Crippen LogP contribution in [-0.2, 0) is 0 Å². The van der Waals surface area contributed by atoms with Crippen molar-refractivity contribution in [3.05, 3.63) is 83.6 Å². The highest BCUT2D eigenvalue weighted by Gasteiger charge is 2.17. The zero-order valence-electron chi connectivity index (χ0n) is 17.6. The maximum atomic E-state index is 14.5. The molecule has 0 aliphatic carbocycles. The monoisotopic (exact) mass is 391 g/mol. The molecule has 0 fully saturated rings. The first-order chi connectivity index (χ1) is 13.9. The molecule has 3 rings (SSSR count). The van der Waals surface area contributed by atoms with E-state index in [1.165, 1.54) is 6.07 Å². The number of hydrogen-bond donors (Lipinski definition) is 2. The first kappa shape index (κ1) is 21.0. The van der Waals surface area contributed by atoms with Crippen molar-refractivity contribution < 1.29 is 4.39 Å². The topological polar surface area (TPSA) is 40.2 Å². The minimum atomic E-state index is -0.256. The molecule has 1 aromatic heterocycles. The Morgan fingerprint density at radius 1 is 1.21 bits per heavy atom. The Morgan fingerprint density at radius 3 is 2.69 bits per heavy atom. The van der Waals surface area contributed by atoms with Crippen LogP contribution in [-0.4, -0.2) is 17.6 Å². The van der Waals surface area contributed by atoms with Gasteiger partial charge < -0.3 is 10.3 Å². The average molecular weight is 392 g/mol. The third kappa shape index (κ3) is 4.83. The molecule has 29 heavy (non-hydrogen) atoms. The predicted molar refractivity (Wildman–Crippen MR) is 119 cm³/mol. The first-order valence-corrected chi connectivity index (χ1v) is 10.2. The van der Waals surface area contributed by atoms with Crippen molar-refractivity contribution in [2.45, 2.75) is 39.7 Å². The number of H-pyrrole nitrogens is 1. The fourth-order valence-corrected chi connectivity index (χ4v) is 3.56. The van der Waals surface area contributed by atoms with Gasteiger partial charge in [0.15, 0.2) is 0 Å². The summed E-state index contributed by atoms with van der Waals surface area (Å²) in [5.74, 6) is 0.364. The summed E-state index contributed by atoms with van der Waals surface area (Å²) in [6.07, 6.45) is 7.24. The van der Waals surface area contributed by atoms with Gasteiger partial charge in [0.2, 0.25) is 0 Å². The van der Waals surface area contributed by atoms with Crippen molar-refractivity contribution in [2.75, 3.05) is 6.54 Å². The molecule has 0 spiro atoms. The van der Waals surface area contributed by atoms with Crippen LogP contribution in [0.25, 0.3) is 16.7 Å². The lowest BCUT2D eigenvalue weighted by Crippen LogP contribution is -2.30. The van der Waals surface area contributed by atoms with Crippen molar-refractivity contribution in [3.8, 4) is 11.1 Å². The highest BCUT2D eigenvalue weighted by atomic mass is 19.1. The minimum absolute atomic E-state index is 0.256. The van der Waals surface area contributed by atoms with E-state index in [1.807, 2.05) is 18.3 Å². The molecule has 1 atom stereocenters. The van der Waals surface area contributed by atoms with Crippen molar-refractivity contribution in [1.82, 2.24) is 10.3 Å². The number of hydrogen-bond acceptors (Lipinski definition) is 2. The molecule has 4 heteroatoms. The second-order valence-electron chi connectivity index (χ2n) is 8.10. The number of fused-ring (bicyclic) bond motifs is 1. The molecule has 1 aliphatic heterocycles. The van der Waals surface area contributed by atoms with Crippen LogP contribution in [0.1, 0.15) is 33.6 Å². The quantitative estimate of drug-likeness (QED) is 0.676. The third-order valence-corrected chi connectivity index (χ3v) is 5.18. The van der Waals surface area contributed by atoms with E-state index in [2.05, 4.69) is 49.2 Å². The normalized spacial score (nSPS) is 14.5. The Bertz CT molecular complexity index is 1060. The van der Waals surface area contributed by atoms with Crippen LogP contribution in [0.3, 0.4) is 0 Å². The van der Waals surface area contributed by atoms with Gasteiger partial charge >= 0.3 is 0 Å². The fourth-order valence-electron chi connectivity index (χ4n) is 3.56. The Morgan fingerprint density at radius 2 is 1.97 bits per heavy atom. The first-order valence-electron chi connectivity index (χ1n) is 10.2. The second kappa shape index (κ2) is 9.19. The molecule has 0 amide bonds. The van der Waals surface area contributed by atoms with Crippen molar-refractivity contribution in [1.29, 1.82) is 0 Å². The molecule has 3 nitrogen and oxygen atoms in total. The Balaban J connectivity index is 2.00. The number of rotatable bonds is 8. The molecular formula is C25H30FN3. The van der Waals surface area contributed by atoms with E-state index in [0.717, 1.165) is 46.9 Å². The van der Waals surface area contributed by atoms with Crippen LogP contribution in [0.2, 0.25) is 0 Å². The Labute approximate surface area is 172 Å². The number of aromatic nitrogens is 1. The van der Waals surface area contributed by atoms with Gasteiger partial charge in [0, 0.05) is 34.8 Å². The summed E-state index contributed by atoms with van der Waals surface area (Å²) in [6, 6.07) is 7.20. The number of halogens is 1. The summed E-state index contributed by atoms with van der Waals surface area (Å²) in [6.45, 7) is 16.2. The summed E-state index contributed by atoms with van der Waals surface area (Å²) in [5, 5.41) is 4.43. The number of nitrogens with zero attached hydrogens (tertiary/aromatic N) is 1. The van der Waals surface area contributed by atoms with E-state index in [0.29, 0.717) is 23.0 Å². The van der Waals surface area contributed by atoms with Crippen LogP contribution in [0.5, 0.6) is 0 Å². The van der Waals surface area contributed by atoms with E-state index in [4.69, 9.17) is 0 Å². The molecule has 1 aliphatic rings. The van der Waals surface area contributed by atoms with Crippen LogP contribution < -0.4 is 16.0 Å². The SMILES string of the molecule is C=C1C=CN=c2[nH]cc(-c3ccccc3F)c2=C1C(=C)CC[C@@H](C)NCC(C)C. The van der Waals surface area contributed by atoms with Crippen LogP contribution in [0.15, 0.2) is 72.0 Å². The largest absolute Gasteiger partial charge is 0.345 e. The lowest BCUT2D eigenvalue weighted by atomic mass is 9.91. The molecule has 0 unspecified atom stereocenters. The van der Waals surface area contributed by atoms with Gasteiger partial charge in [0.05, 0.1) is 0 Å². The van der Waals surface area contributed by atoms with Gasteiger partial charge in [-0.15, -0.1) is 0 Å². The van der Waals surface area contributed by atoms with E-state index in [-0.39, 0.29) is 5.82 Å². The molecule has 0 radical (unpaired) electrons. The number of aromatic amines is 1. The van der Waals surface area contributed by atoms with E-state index < -0.39 is 0 Å². The molecule has 1 aromatic carbocycles. The van der Waals surface area contributed by atoms with Gasteiger partial charge in [-0.25, -0.2) is 9.38 Å². The van der Waals surface area contributed by atoms with Crippen molar-refractivity contribution in [3.63, 3.8) is 0 Å². The summed E-state index contributed by atoms with van der Waals surface area (Å²) < 4.78 is 14.5. The summed E-state index contributed by atoms with van der Waals surface area (Å²) in [4.78, 5) is 7.69. The van der Waals surface area contributed by atoms with E-state index in [9.17, 15) is 4.39 Å². The minimum Gasteiger partial charge on any atom is -0.345 e. The summed E-state index contributed by atoms with van der Waals surface area (Å²) in [7, 11) is 0. The lowest BCUT2D eigenvalue weighted by molar-refractivity contribution is 0.465. The summed E-state index contributed by atoms with van der Waals surface area (Å²) >= 11 is 0. The van der Waals surface area contributed by atoms with Crippen LogP contribution >= 0.6 is 0 Å². The molecular weight excluding hydrogens is 361 g/mol. The van der Waals surface area contributed by atoms with Gasteiger partial charge in [-0.1, -0.05) is 45.2 Å². The fraction of sp³-hybridized carbons (Fsp3) is 0.320. The van der Waals surface area contributed by atoms with Gasteiger partial charge in [-0.2, -0.15) is 0 Å². The zero-order valence-corrected chi connectivity index (χ0v) is 17.6. The number of allylic oxidation sites excluding steroid dienone is 3. The molecule has 0 saturated heterocycles. The van der Waals surface area contributed by atoms with Gasteiger partial charge in [0.1, 0.15) is 11.3 Å². The predicted octanol–water partition coefficient (Wildman–Crippen LogP) is 4.65. The maximum absolute atomic E-state index is 14.5. The molecule has 2 aromatic rings. The van der Waals surface area contributed by atoms with Crippen LogP contribution in [0.4, 0.5) is 4.39 Å². The Hall–Kier alpha value is -2.72. The lowest BCUT2D eigenvalue weighted by Gasteiger charge is -2.17. The molecule has 0 saturated carbocycles. The Kier molecular flexibility index (Phi) is 6.65. The molecule has 2 heterocycles. The van der Waals surface area contributed by atoms with E-state index >= 15 is 0 Å². The summed E-state index contributed by atoms with van der Waals surface area (Å²) in [5.41, 5.74) is 4.83. The van der Waals surface area contributed by atoms with E-state index in [1.54, 1.807) is 18.3 Å². The van der Waals surface area contributed by atoms with Gasteiger partial charge in [-0.3, -0.25) is 0 Å². The van der Waals surface area contributed by atoms with Crippen molar-refractivity contribution >= 4 is 5.57 Å². The highest BCUT2D eigenvalue weighted by Crippen LogP contribution is 2.26. The van der Waals surface area contributed by atoms with Gasteiger partial charge in [0.25, 0.3) is 0 Å². The number of nitrogens with one attached hydrogen (secondary N) is 2. The highest BCUT2D eigenvalue weighted by molar-refractivity contribution is 5.83. The zero-order chi connectivity index (χ0) is 21.0. The molecule has 0 bridgehead atoms. The maximum Gasteiger partial charge on any atom is 0.138 e. The smallest absolute Gasteiger partial charge is 0.138 e. The van der Waals surface area contributed by atoms with Gasteiger partial charge in [-0.05, 0) is 61.1 Å². The standard InChI is InChI=1S/C25H30FN3/c1-16(2)14-28-19(5)11-10-17(3)23-18(4)12-13-27-25-24(23)21(15-29-25)20-8-6-7-9-22(20)26/h6-9,12-13,15-16,19,28H,3-4,10-11,14H2,1-2,5H3,(H,27,29)/t19-/m1/s1. The third-order valence-electron chi connectivity index (χ3n) is 5.18. The second-order valence-corrected chi connectivity index (χ2v) is 8.10. The molecule has 2 N–H and O–H groups in total. The van der Waals surface area contributed by atoms with Crippen LogP contribution in [0, 0.1) is 11.7 Å². The average Bonchev–Trinajstić information content (AvgIpc) is 3.00.